The van der Waals surface area contributed by atoms with Crippen LogP contribution in [0.3, 0.4) is 0 Å². The third-order valence-corrected chi connectivity index (χ3v) is 5.44. The molecule has 8 heteroatoms. The van der Waals surface area contributed by atoms with Gasteiger partial charge >= 0.3 is 0 Å². The van der Waals surface area contributed by atoms with Crippen LogP contribution in [0.25, 0.3) is 0 Å². The molecule has 158 valence electrons. The lowest BCUT2D eigenvalue weighted by molar-refractivity contribution is -0.117. The number of benzene rings is 1. The first-order valence-corrected chi connectivity index (χ1v) is 10.1. The predicted octanol–water partition coefficient (Wildman–Crippen LogP) is 4.51. The SMILES string of the molecule is Cc1ccc(Cn2nc(C)c(NC(=O)Cn3nc(C(F)F)cc3C3CC3)c2C)cc1. The van der Waals surface area contributed by atoms with Crippen molar-refractivity contribution in [1.29, 1.82) is 0 Å². The molecule has 1 aliphatic rings. The Morgan fingerprint density at radius 2 is 1.83 bits per heavy atom. The highest BCUT2D eigenvalue weighted by atomic mass is 19.3. The fraction of sp³-hybridized carbons (Fsp3) is 0.409. The Bertz CT molecular complexity index is 1060. The largest absolute Gasteiger partial charge is 0.321 e. The van der Waals surface area contributed by atoms with E-state index in [1.165, 1.54) is 16.3 Å². The summed E-state index contributed by atoms with van der Waals surface area (Å²) in [5.41, 5.74) is 4.96. The summed E-state index contributed by atoms with van der Waals surface area (Å²) in [7, 11) is 0. The standard InChI is InChI=1S/C22H25F2N5O/c1-13-4-6-16(7-5-13)11-28-15(3)21(14(2)26-28)25-20(30)12-29-19(17-8-9-17)10-18(27-29)22(23)24/h4-7,10,17,22H,8-9,11-12H2,1-3H3,(H,25,30). The van der Waals surface area contributed by atoms with Gasteiger partial charge in [-0.1, -0.05) is 29.8 Å². The lowest BCUT2D eigenvalue weighted by Gasteiger charge is -2.09. The van der Waals surface area contributed by atoms with Crippen LogP contribution in [0, 0.1) is 20.8 Å². The van der Waals surface area contributed by atoms with Crippen LogP contribution in [0.15, 0.2) is 30.3 Å². The molecule has 0 spiro atoms. The zero-order valence-corrected chi connectivity index (χ0v) is 17.3. The van der Waals surface area contributed by atoms with Crippen LogP contribution in [0.4, 0.5) is 14.5 Å². The van der Waals surface area contributed by atoms with E-state index in [0.29, 0.717) is 23.6 Å². The van der Waals surface area contributed by atoms with Gasteiger partial charge in [-0.25, -0.2) is 8.78 Å². The summed E-state index contributed by atoms with van der Waals surface area (Å²) >= 11 is 0. The Morgan fingerprint density at radius 1 is 1.13 bits per heavy atom. The van der Waals surface area contributed by atoms with E-state index in [4.69, 9.17) is 0 Å². The van der Waals surface area contributed by atoms with Crippen LogP contribution >= 0.6 is 0 Å². The summed E-state index contributed by atoms with van der Waals surface area (Å²) in [5.74, 6) is -0.0829. The monoisotopic (exact) mass is 413 g/mol. The maximum atomic E-state index is 13.1. The number of aromatic nitrogens is 4. The molecule has 2 aromatic heterocycles. The van der Waals surface area contributed by atoms with Crippen molar-refractivity contribution in [3.05, 3.63) is 64.2 Å². The van der Waals surface area contributed by atoms with Crippen LogP contribution in [-0.4, -0.2) is 25.5 Å². The Morgan fingerprint density at radius 3 is 2.47 bits per heavy atom. The number of rotatable bonds is 7. The lowest BCUT2D eigenvalue weighted by Crippen LogP contribution is -2.21. The highest BCUT2D eigenvalue weighted by molar-refractivity contribution is 5.91. The number of amides is 1. The molecule has 3 aromatic rings. The number of anilines is 1. The Hall–Kier alpha value is -3.03. The van der Waals surface area contributed by atoms with Crippen LogP contribution in [0.5, 0.6) is 0 Å². The van der Waals surface area contributed by atoms with Gasteiger partial charge in [0.25, 0.3) is 6.43 Å². The molecule has 30 heavy (non-hydrogen) atoms. The average molecular weight is 413 g/mol. The normalized spacial score (nSPS) is 13.8. The molecular formula is C22H25F2N5O. The number of alkyl halides is 2. The number of halogens is 2. The molecular weight excluding hydrogens is 388 g/mol. The van der Waals surface area contributed by atoms with E-state index in [1.807, 2.05) is 25.5 Å². The van der Waals surface area contributed by atoms with Gasteiger partial charge in [0.05, 0.1) is 23.6 Å². The Kier molecular flexibility index (Phi) is 5.40. The molecule has 2 heterocycles. The first kappa shape index (κ1) is 20.3. The molecule has 0 saturated heterocycles. The number of aryl methyl sites for hydroxylation is 2. The number of hydrogen-bond donors (Lipinski definition) is 1. The van der Waals surface area contributed by atoms with Crippen molar-refractivity contribution in [1.82, 2.24) is 19.6 Å². The minimum atomic E-state index is -2.64. The van der Waals surface area contributed by atoms with Gasteiger partial charge < -0.3 is 5.32 Å². The summed E-state index contributed by atoms with van der Waals surface area (Å²) in [6.07, 6.45) is -0.753. The first-order valence-electron chi connectivity index (χ1n) is 10.1. The lowest BCUT2D eigenvalue weighted by atomic mass is 10.1. The molecule has 1 aliphatic carbocycles. The topological polar surface area (TPSA) is 64.7 Å². The first-order chi connectivity index (χ1) is 14.3. The van der Waals surface area contributed by atoms with Gasteiger partial charge in [0, 0.05) is 11.6 Å². The molecule has 0 radical (unpaired) electrons. The molecule has 0 aliphatic heterocycles. The van der Waals surface area contributed by atoms with Gasteiger partial charge in [-0.15, -0.1) is 0 Å². The van der Waals surface area contributed by atoms with E-state index < -0.39 is 6.43 Å². The molecule has 1 N–H and O–H groups in total. The molecule has 1 saturated carbocycles. The molecule has 0 bridgehead atoms. The van der Waals surface area contributed by atoms with Crippen molar-refractivity contribution in [3.63, 3.8) is 0 Å². The molecule has 0 atom stereocenters. The number of nitrogens with one attached hydrogen (secondary N) is 1. The van der Waals surface area contributed by atoms with Crippen molar-refractivity contribution in [2.45, 2.75) is 59.0 Å². The summed E-state index contributed by atoms with van der Waals surface area (Å²) in [5, 5.41) is 11.4. The Labute approximate surface area is 173 Å². The van der Waals surface area contributed by atoms with E-state index in [1.54, 1.807) is 0 Å². The summed E-state index contributed by atoms with van der Waals surface area (Å²) in [6, 6.07) is 9.65. The van der Waals surface area contributed by atoms with E-state index in [9.17, 15) is 13.6 Å². The van der Waals surface area contributed by atoms with Crippen molar-refractivity contribution in [3.8, 4) is 0 Å². The van der Waals surface area contributed by atoms with Gasteiger partial charge in [0.1, 0.15) is 12.2 Å². The van der Waals surface area contributed by atoms with Crippen LogP contribution in [0.1, 0.15) is 59.1 Å². The Balaban J connectivity index is 1.49. The fourth-order valence-electron chi connectivity index (χ4n) is 3.61. The molecule has 1 amide bonds. The fourth-order valence-corrected chi connectivity index (χ4v) is 3.61. The second-order valence-corrected chi connectivity index (χ2v) is 7.96. The van der Waals surface area contributed by atoms with Crippen LogP contribution < -0.4 is 5.32 Å². The summed E-state index contributed by atoms with van der Waals surface area (Å²) in [6.45, 7) is 6.29. The number of nitrogens with zero attached hydrogens (tertiary/aromatic N) is 4. The second kappa shape index (κ2) is 8.01. The molecule has 1 fully saturated rings. The molecule has 1 aromatic carbocycles. The van der Waals surface area contributed by atoms with Crippen molar-refractivity contribution >= 4 is 11.6 Å². The van der Waals surface area contributed by atoms with Crippen molar-refractivity contribution in [2.75, 3.05) is 5.32 Å². The van der Waals surface area contributed by atoms with Crippen molar-refractivity contribution in [2.24, 2.45) is 0 Å². The third-order valence-electron chi connectivity index (χ3n) is 5.44. The average Bonchev–Trinajstić information content (AvgIpc) is 3.41. The van der Waals surface area contributed by atoms with Crippen LogP contribution in [-0.2, 0) is 17.9 Å². The van der Waals surface area contributed by atoms with Gasteiger partial charge in [-0.2, -0.15) is 10.2 Å². The maximum absolute atomic E-state index is 13.1. The number of hydrogen-bond acceptors (Lipinski definition) is 3. The van der Waals surface area contributed by atoms with Gasteiger partial charge in [-0.3, -0.25) is 14.2 Å². The number of carbonyl (C=O) groups is 1. The smallest absolute Gasteiger partial charge is 0.282 e. The second-order valence-electron chi connectivity index (χ2n) is 7.96. The molecule has 6 nitrogen and oxygen atoms in total. The zero-order chi connectivity index (χ0) is 21.4. The van der Waals surface area contributed by atoms with E-state index in [-0.39, 0.29) is 24.1 Å². The quantitative estimate of drug-likeness (QED) is 0.620. The maximum Gasteiger partial charge on any atom is 0.282 e. The third kappa shape index (κ3) is 4.27. The number of carbonyl (C=O) groups excluding carboxylic acids is 1. The van der Waals surface area contributed by atoms with Gasteiger partial charge in [-0.05, 0) is 45.2 Å². The zero-order valence-electron chi connectivity index (χ0n) is 17.3. The minimum Gasteiger partial charge on any atom is -0.321 e. The summed E-state index contributed by atoms with van der Waals surface area (Å²) in [4.78, 5) is 12.7. The molecule has 0 unspecified atom stereocenters. The van der Waals surface area contributed by atoms with E-state index in [2.05, 4.69) is 39.8 Å². The van der Waals surface area contributed by atoms with E-state index >= 15 is 0 Å². The van der Waals surface area contributed by atoms with Crippen molar-refractivity contribution < 1.29 is 13.6 Å². The van der Waals surface area contributed by atoms with E-state index in [0.717, 1.165) is 24.1 Å². The predicted molar refractivity (Wildman–Crippen MR) is 110 cm³/mol. The minimum absolute atomic E-state index is 0.0967. The molecule has 4 rings (SSSR count). The van der Waals surface area contributed by atoms with Gasteiger partial charge in [0.15, 0.2) is 0 Å². The van der Waals surface area contributed by atoms with Crippen LogP contribution in [0.2, 0.25) is 0 Å². The highest BCUT2D eigenvalue weighted by Crippen LogP contribution is 2.41. The summed E-state index contributed by atoms with van der Waals surface area (Å²) < 4.78 is 29.4. The van der Waals surface area contributed by atoms with Gasteiger partial charge in [0.2, 0.25) is 5.91 Å². The highest BCUT2D eigenvalue weighted by Gasteiger charge is 2.30.